The van der Waals surface area contributed by atoms with Crippen LogP contribution in [0.15, 0.2) is 25.8 Å². The standard InChI is InChI=1S/C12H14BrNO2/c1-12(2,3)8-5-7(13)6-9-10(8)16-11(15)14(9)4/h5-6H,1-4H3. The van der Waals surface area contributed by atoms with Crippen LogP contribution in [0.4, 0.5) is 0 Å². The molecule has 0 bridgehead atoms. The predicted molar refractivity (Wildman–Crippen MR) is 67.9 cm³/mol. The molecular formula is C12H14BrNO2. The summed E-state index contributed by atoms with van der Waals surface area (Å²) < 4.78 is 7.78. The molecule has 0 aliphatic heterocycles. The van der Waals surface area contributed by atoms with Gasteiger partial charge in [-0.3, -0.25) is 4.57 Å². The summed E-state index contributed by atoms with van der Waals surface area (Å²) >= 11 is 3.46. The van der Waals surface area contributed by atoms with Crippen LogP contribution in [-0.4, -0.2) is 4.57 Å². The van der Waals surface area contributed by atoms with E-state index in [0.717, 1.165) is 15.6 Å². The quantitative estimate of drug-likeness (QED) is 0.744. The van der Waals surface area contributed by atoms with Crippen LogP contribution < -0.4 is 5.76 Å². The largest absolute Gasteiger partial charge is 0.419 e. The Balaban J connectivity index is 2.95. The zero-order chi connectivity index (χ0) is 12.1. The summed E-state index contributed by atoms with van der Waals surface area (Å²) in [6, 6.07) is 3.90. The van der Waals surface area contributed by atoms with Gasteiger partial charge in [0.2, 0.25) is 0 Å². The lowest BCUT2D eigenvalue weighted by atomic mass is 9.86. The van der Waals surface area contributed by atoms with Crippen LogP contribution >= 0.6 is 15.9 Å². The SMILES string of the molecule is Cn1c(=O)oc2c(C(C)(C)C)cc(Br)cc21. The first kappa shape index (κ1) is 11.5. The smallest absolute Gasteiger partial charge is 0.407 e. The van der Waals surface area contributed by atoms with E-state index in [1.165, 1.54) is 4.57 Å². The fourth-order valence-corrected chi connectivity index (χ4v) is 2.19. The highest BCUT2D eigenvalue weighted by atomic mass is 79.9. The Morgan fingerprint density at radius 2 is 1.94 bits per heavy atom. The molecule has 0 amide bonds. The topological polar surface area (TPSA) is 35.1 Å². The molecule has 4 heteroatoms. The van der Waals surface area contributed by atoms with Crippen molar-refractivity contribution >= 4 is 27.0 Å². The van der Waals surface area contributed by atoms with Gasteiger partial charge in [0, 0.05) is 17.1 Å². The van der Waals surface area contributed by atoms with Crippen molar-refractivity contribution in [2.75, 3.05) is 0 Å². The summed E-state index contributed by atoms with van der Waals surface area (Å²) in [6.45, 7) is 6.30. The molecule has 0 aliphatic carbocycles. The van der Waals surface area contributed by atoms with Crippen LogP contribution in [-0.2, 0) is 12.5 Å². The van der Waals surface area contributed by atoms with Crippen molar-refractivity contribution in [3.63, 3.8) is 0 Å². The van der Waals surface area contributed by atoms with Gasteiger partial charge in [-0.25, -0.2) is 4.79 Å². The van der Waals surface area contributed by atoms with E-state index in [0.29, 0.717) is 5.58 Å². The van der Waals surface area contributed by atoms with E-state index in [1.54, 1.807) is 7.05 Å². The molecule has 0 atom stereocenters. The molecule has 16 heavy (non-hydrogen) atoms. The predicted octanol–water partition coefficient (Wildman–Crippen LogP) is 3.19. The van der Waals surface area contributed by atoms with Crippen LogP contribution in [0.1, 0.15) is 26.3 Å². The fourth-order valence-electron chi connectivity index (χ4n) is 1.75. The van der Waals surface area contributed by atoms with Crippen molar-refractivity contribution in [3.05, 3.63) is 32.7 Å². The molecule has 3 nitrogen and oxygen atoms in total. The number of nitrogens with zero attached hydrogens (tertiary/aromatic N) is 1. The normalized spacial score (nSPS) is 12.3. The number of rotatable bonds is 0. The molecule has 86 valence electrons. The summed E-state index contributed by atoms with van der Waals surface area (Å²) in [6.07, 6.45) is 0. The monoisotopic (exact) mass is 283 g/mol. The maximum atomic E-state index is 11.5. The van der Waals surface area contributed by atoms with Gasteiger partial charge < -0.3 is 4.42 Å². The van der Waals surface area contributed by atoms with Crippen LogP contribution in [0.3, 0.4) is 0 Å². The minimum atomic E-state index is -0.321. The average molecular weight is 284 g/mol. The van der Waals surface area contributed by atoms with E-state index < -0.39 is 0 Å². The van der Waals surface area contributed by atoms with Crippen LogP contribution in [0.5, 0.6) is 0 Å². The summed E-state index contributed by atoms with van der Waals surface area (Å²) in [4.78, 5) is 11.5. The third-order valence-corrected chi connectivity index (χ3v) is 3.12. The molecule has 1 aromatic heterocycles. The Labute approximate surface area is 102 Å². The Bertz CT molecular complexity index is 602. The van der Waals surface area contributed by atoms with Crippen LogP contribution in [0.2, 0.25) is 0 Å². The molecule has 0 saturated carbocycles. The first-order valence-corrected chi connectivity index (χ1v) is 5.89. The molecule has 0 N–H and O–H groups in total. The molecule has 0 radical (unpaired) electrons. The Morgan fingerprint density at radius 1 is 1.31 bits per heavy atom. The molecule has 2 rings (SSSR count). The highest BCUT2D eigenvalue weighted by molar-refractivity contribution is 9.10. The number of aryl methyl sites for hydroxylation is 1. The second kappa shape index (κ2) is 3.48. The van der Waals surface area contributed by atoms with Gasteiger partial charge in [0.05, 0.1) is 5.52 Å². The van der Waals surface area contributed by atoms with Crippen LogP contribution in [0.25, 0.3) is 11.1 Å². The van der Waals surface area contributed by atoms with E-state index in [9.17, 15) is 4.79 Å². The lowest BCUT2D eigenvalue weighted by Crippen LogP contribution is -2.11. The lowest BCUT2D eigenvalue weighted by molar-refractivity contribution is 0.511. The van der Waals surface area contributed by atoms with Crippen molar-refractivity contribution in [3.8, 4) is 0 Å². The highest BCUT2D eigenvalue weighted by Crippen LogP contribution is 2.32. The molecule has 0 unspecified atom stereocenters. The maximum Gasteiger partial charge on any atom is 0.419 e. The van der Waals surface area contributed by atoms with Gasteiger partial charge in [0.25, 0.3) is 0 Å². The number of hydrogen-bond donors (Lipinski definition) is 0. The molecule has 0 fully saturated rings. The van der Waals surface area contributed by atoms with E-state index in [2.05, 4.69) is 36.7 Å². The molecule has 1 aromatic carbocycles. The average Bonchev–Trinajstić information content (AvgIpc) is 2.42. The number of halogens is 1. The van der Waals surface area contributed by atoms with Crippen molar-refractivity contribution in [1.82, 2.24) is 4.57 Å². The lowest BCUT2D eigenvalue weighted by Gasteiger charge is -2.19. The van der Waals surface area contributed by atoms with Gasteiger partial charge in [-0.1, -0.05) is 36.7 Å². The number of benzene rings is 1. The second-order valence-electron chi connectivity index (χ2n) is 4.98. The zero-order valence-electron chi connectivity index (χ0n) is 9.80. The van der Waals surface area contributed by atoms with Crippen molar-refractivity contribution in [2.24, 2.45) is 7.05 Å². The van der Waals surface area contributed by atoms with Crippen molar-refractivity contribution in [2.45, 2.75) is 26.2 Å². The zero-order valence-corrected chi connectivity index (χ0v) is 11.4. The van der Waals surface area contributed by atoms with Gasteiger partial charge in [-0.2, -0.15) is 0 Å². The summed E-state index contributed by atoms with van der Waals surface area (Å²) in [5.74, 6) is -0.321. The molecule has 0 aliphatic rings. The molecule has 1 heterocycles. The van der Waals surface area contributed by atoms with E-state index in [4.69, 9.17) is 4.42 Å². The highest BCUT2D eigenvalue weighted by Gasteiger charge is 2.21. The first-order chi connectivity index (χ1) is 7.30. The molecule has 0 spiro atoms. The first-order valence-electron chi connectivity index (χ1n) is 5.10. The van der Waals surface area contributed by atoms with Gasteiger partial charge in [-0.05, 0) is 17.5 Å². The number of aromatic nitrogens is 1. The fraction of sp³-hybridized carbons (Fsp3) is 0.417. The molecule has 2 aromatic rings. The van der Waals surface area contributed by atoms with Gasteiger partial charge in [0.1, 0.15) is 0 Å². The minimum Gasteiger partial charge on any atom is -0.407 e. The van der Waals surface area contributed by atoms with E-state index in [-0.39, 0.29) is 11.2 Å². The summed E-state index contributed by atoms with van der Waals surface area (Å²) in [5.41, 5.74) is 2.49. The van der Waals surface area contributed by atoms with E-state index >= 15 is 0 Å². The third-order valence-electron chi connectivity index (χ3n) is 2.67. The van der Waals surface area contributed by atoms with E-state index in [1.807, 2.05) is 12.1 Å². The Morgan fingerprint density at radius 3 is 2.50 bits per heavy atom. The van der Waals surface area contributed by atoms with Crippen molar-refractivity contribution in [1.29, 1.82) is 0 Å². The van der Waals surface area contributed by atoms with Crippen molar-refractivity contribution < 1.29 is 4.42 Å². The van der Waals surface area contributed by atoms with Gasteiger partial charge in [0.15, 0.2) is 5.58 Å². The number of fused-ring (bicyclic) bond motifs is 1. The Kier molecular flexibility index (Phi) is 2.49. The second-order valence-corrected chi connectivity index (χ2v) is 5.89. The Hall–Kier alpha value is -1.03. The van der Waals surface area contributed by atoms with Crippen LogP contribution in [0, 0.1) is 0 Å². The summed E-state index contributed by atoms with van der Waals surface area (Å²) in [5, 5.41) is 0. The maximum absolute atomic E-state index is 11.5. The third kappa shape index (κ3) is 1.71. The van der Waals surface area contributed by atoms with Gasteiger partial charge in [-0.15, -0.1) is 0 Å². The number of hydrogen-bond acceptors (Lipinski definition) is 2. The molecular weight excluding hydrogens is 270 g/mol. The van der Waals surface area contributed by atoms with Gasteiger partial charge >= 0.3 is 5.76 Å². The number of oxazole rings is 1. The summed E-state index contributed by atoms with van der Waals surface area (Å²) in [7, 11) is 1.72. The molecule has 0 saturated heterocycles. The minimum absolute atomic E-state index is 0.0562.